The summed E-state index contributed by atoms with van der Waals surface area (Å²) in [5, 5.41) is 13.7. The summed E-state index contributed by atoms with van der Waals surface area (Å²) >= 11 is 12.3. The Bertz CT molecular complexity index is 1230. The molecule has 2 rings (SSSR count). The fourth-order valence-corrected chi connectivity index (χ4v) is 2.71. The lowest BCUT2D eigenvalue weighted by atomic mass is 10.3. The molecule has 0 saturated heterocycles. The fraction of sp³-hybridized carbons (Fsp3) is 0.111. The predicted octanol–water partition coefficient (Wildman–Crippen LogP) is 3.60. The number of esters is 1. The van der Waals surface area contributed by atoms with Gasteiger partial charge in [0.25, 0.3) is 0 Å². The number of nitriles is 1. The van der Waals surface area contributed by atoms with Crippen LogP contribution < -0.4 is 25.9 Å². The first-order valence-corrected chi connectivity index (χ1v) is 9.45. The Balaban J connectivity index is 2.28. The summed E-state index contributed by atoms with van der Waals surface area (Å²) in [5.41, 5.74) is 5.73. The molecule has 0 saturated carbocycles. The highest BCUT2D eigenvalue weighted by molar-refractivity contribution is 6.44. The van der Waals surface area contributed by atoms with Crippen molar-refractivity contribution in [1.82, 2.24) is 4.98 Å². The van der Waals surface area contributed by atoms with Crippen LogP contribution in [-0.4, -0.2) is 42.0 Å². The molecule has 0 unspecified atom stereocenters. The number of primary amides is 1. The normalized spacial score (nSPS) is 11.2. The molecule has 1 aromatic carbocycles. The zero-order valence-electron chi connectivity index (χ0n) is 17.1. The second-order valence-electron chi connectivity index (χ2n) is 5.94. The Kier molecular flexibility index (Phi) is 8.65. The van der Waals surface area contributed by atoms with E-state index >= 15 is 0 Å². The van der Waals surface area contributed by atoms with Gasteiger partial charge in [0.15, 0.2) is 5.75 Å². The van der Waals surface area contributed by atoms with E-state index < -0.39 is 35.5 Å². The number of anilines is 2. The molecule has 0 fully saturated rings. The summed E-state index contributed by atoms with van der Waals surface area (Å²) < 4.78 is 52.1. The van der Waals surface area contributed by atoms with Crippen molar-refractivity contribution in [1.29, 1.82) is 5.26 Å². The van der Waals surface area contributed by atoms with Gasteiger partial charge >= 0.3 is 24.1 Å². The van der Waals surface area contributed by atoms with E-state index in [0.717, 1.165) is 19.4 Å². The maximum Gasteiger partial charge on any atom is 0.471 e. The molecule has 0 aliphatic rings. The van der Waals surface area contributed by atoms with Crippen molar-refractivity contribution in [3.63, 3.8) is 0 Å². The minimum absolute atomic E-state index is 0.0537. The average molecular weight is 535 g/mol. The van der Waals surface area contributed by atoms with Crippen LogP contribution in [0.15, 0.2) is 29.5 Å². The van der Waals surface area contributed by atoms with Gasteiger partial charge in [-0.05, 0) is 12.1 Å². The SMILES string of the molecule is COc1ncc(Oc2c(Cl)cc(NN=C(C#N)C(=O)OC(N)=O)cc2Cl)cc1NC(=O)C(F)(F)F. The number of nitrogens with one attached hydrogen (secondary N) is 2. The molecule has 184 valence electrons. The van der Waals surface area contributed by atoms with Gasteiger partial charge in [-0.15, -0.1) is 0 Å². The zero-order valence-corrected chi connectivity index (χ0v) is 18.6. The molecule has 17 heteroatoms. The third kappa shape index (κ3) is 7.35. The highest BCUT2D eigenvalue weighted by Crippen LogP contribution is 2.40. The monoisotopic (exact) mass is 534 g/mol. The number of nitrogens with zero attached hydrogens (tertiary/aromatic N) is 3. The number of alkyl halides is 3. The molecular formula is C18H11Cl2F3N6O6. The molecular weight excluding hydrogens is 524 g/mol. The molecule has 0 spiro atoms. The van der Waals surface area contributed by atoms with Crippen LogP contribution in [0.2, 0.25) is 10.0 Å². The molecule has 12 nitrogen and oxygen atoms in total. The number of hydrogen-bond acceptors (Lipinski definition) is 10. The summed E-state index contributed by atoms with van der Waals surface area (Å²) in [6, 6.07) is 4.77. The lowest BCUT2D eigenvalue weighted by Crippen LogP contribution is -2.30. The molecule has 0 aliphatic heterocycles. The zero-order chi connectivity index (χ0) is 26.3. The predicted molar refractivity (Wildman–Crippen MR) is 114 cm³/mol. The largest absolute Gasteiger partial charge is 0.480 e. The Morgan fingerprint density at radius 2 is 1.83 bits per heavy atom. The summed E-state index contributed by atoms with van der Waals surface area (Å²) in [7, 11) is 1.12. The van der Waals surface area contributed by atoms with E-state index in [2.05, 4.69) is 26.0 Å². The lowest BCUT2D eigenvalue weighted by molar-refractivity contribution is -0.167. The van der Waals surface area contributed by atoms with Crippen molar-refractivity contribution >= 4 is 58.3 Å². The van der Waals surface area contributed by atoms with E-state index in [1.165, 1.54) is 18.2 Å². The highest BCUT2D eigenvalue weighted by atomic mass is 35.5. The molecule has 0 aliphatic carbocycles. The molecule has 2 amide bonds. The maximum atomic E-state index is 12.6. The lowest BCUT2D eigenvalue weighted by Gasteiger charge is -2.14. The van der Waals surface area contributed by atoms with Crippen LogP contribution in [-0.2, 0) is 14.3 Å². The number of methoxy groups -OCH3 is 1. The van der Waals surface area contributed by atoms with Crippen LogP contribution in [0.3, 0.4) is 0 Å². The van der Waals surface area contributed by atoms with Crippen molar-refractivity contribution in [3.05, 3.63) is 34.4 Å². The van der Waals surface area contributed by atoms with Gasteiger partial charge in [0, 0.05) is 6.07 Å². The number of carbonyl (C=O) groups excluding carboxylic acids is 3. The number of carbonyl (C=O) groups is 3. The van der Waals surface area contributed by atoms with Crippen molar-refractivity contribution < 1.29 is 41.8 Å². The third-order valence-corrected chi connectivity index (χ3v) is 4.09. The van der Waals surface area contributed by atoms with E-state index in [9.17, 15) is 27.6 Å². The number of halogens is 5. The second kappa shape index (κ2) is 11.2. The van der Waals surface area contributed by atoms with Gasteiger partial charge in [0.1, 0.15) is 17.5 Å². The molecule has 35 heavy (non-hydrogen) atoms. The van der Waals surface area contributed by atoms with Crippen LogP contribution in [0.5, 0.6) is 17.4 Å². The molecule has 2 aromatic rings. The summed E-state index contributed by atoms with van der Waals surface area (Å²) in [6.45, 7) is 0. The molecule has 0 radical (unpaired) electrons. The van der Waals surface area contributed by atoms with Crippen molar-refractivity contribution in [2.24, 2.45) is 10.8 Å². The van der Waals surface area contributed by atoms with Crippen LogP contribution in [0.25, 0.3) is 0 Å². The van der Waals surface area contributed by atoms with Crippen molar-refractivity contribution in [3.8, 4) is 23.4 Å². The molecule has 4 N–H and O–H groups in total. The average Bonchev–Trinajstić information content (AvgIpc) is 2.75. The number of hydrazone groups is 1. The smallest absolute Gasteiger partial charge is 0.471 e. The molecule has 0 bridgehead atoms. The molecule has 0 atom stereocenters. The minimum Gasteiger partial charge on any atom is -0.480 e. The number of benzene rings is 1. The van der Waals surface area contributed by atoms with Gasteiger partial charge in [-0.1, -0.05) is 23.2 Å². The van der Waals surface area contributed by atoms with E-state index in [4.69, 9.17) is 37.9 Å². The topological polar surface area (TPSA) is 178 Å². The Morgan fingerprint density at radius 3 is 2.34 bits per heavy atom. The van der Waals surface area contributed by atoms with E-state index in [-0.39, 0.29) is 33.1 Å². The van der Waals surface area contributed by atoms with E-state index in [1.54, 1.807) is 5.32 Å². The first-order chi connectivity index (χ1) is 16.3. The number of pyridine rings is 1. The summed E-state index contributed by atoms with van der Waals surface area (Å²) in [5.74, 6) is -4.35. The van der Waals surface area contributed by atoms with Crippen molar-refractivity contribution in [2.45, 2.75) is 6.18 Å². The molecule has 1 aromatic heterocycles. The van der Waals surface area contributed by atoms with Gasteiger partial charge in [-0.25, -0.2) is 14.6 Å². The first kappa shape index (κ1) is 27.0. The summed E-state index contributed by atoms with van der Waals surface area (Å²) in [4.78, 5) is 37.1. The third-order valence-electron chi connectivity index (χ3n) is 3.53. The second-order valence-corrected chi connectivity index (χ2v) is 6.76. The number of ether oxygens (including phenoxy) is 3. The Morgan fingerprint density at radius 1 is 1.20 bits per heavy atom. The van der Waals surface area contributed by atoms with Crippen LogP contribution >= 0.6 is 23.2 Å². The number of rotatable bonds is 7. The van der Waals surface area contributed by atoms with Gasteiger partial charge in [0.2, 0.25) is 11.6 Å². The minimum atomic E-state index is -5.16. The van der Waals surface area contributed by atoms with E-state index in [1.807, 2.05) is 0 Å². The van der Waals surface area contributed by atoms with Gasteiger partial charge in [-0.3, -0.25) is 10.2 Å². The number of nitrogens with two attached hydrogens (primary N) is 1. The van der Waals surface area contributed by atoms with Gasteiger partial charge in [0.05, 0.1) is 29.0 Å². The van der Waals surface area contributed by atoms with Crippen LogP contribution in [0, 0.1) is 11.3 Å². The maximum absolute atomic E-state index is 12.6. The molecule has 1 heterocycles. The highest BCUT2D eigenvalue weighted by Gasteiger charge is 2.39. The number of amides is 2. The standard InChI is InChI=1S/C18H11Cl2F3N6O6/c1-33-14-11(27-16(31)18(21,22)23)4-8(6-26-14)34-13-9(19)2-7(3-10(13)20)28-29-12(5-24)15(30)35-17(25)32/h2-4,6,28H,1H3,(H2,25,32)(H,27,31). The van der Waals surface area contributed by atoms with E-state index in [0.29, 0.717) is 0 Å². The Hall–Kier alpha value is -4.29. The fourth-order valence-electron chi connectivity index (χ4n) is 2.15. The van der Waals surface area contributed by atoms with Crippen molar-refractivity contribution in [2.75, 3.05) is 17.9 Å². The van der Waals surface area contributed by atoms with Crippen LogP contribution in [0.4, 0.5) is 29.3 Å². The van der Waals surface area contributed by atoms with Gasteiger partial charge in [-0.2, -0.15) is 23.5 Å². The van der Waals surface area contributed by atoms with Crippen LogP contribution in [0.1, 0.15) is 0 Å². The first-order valence-electron chi connectivity index (χ1n) is 8.70. The Labute approximate surface area is 203 Å². The van der Waals surface area contributed by atoms with Gasteiger partial charge < -0.3 is 25.3 Å². The summed E-state index contributed by atoms with van der Waals surface area (Å²) in [6.07, 6.45) is -5.55. The quantitative estimate of drug-likeness (QED) is 0.207. The number of hydrogen-bond donors (Lipinski definition) is 3. The number of aromatic nitrogens is 1.